The van der Waals surface area contributed by atoms with Crippen LogP contribution in [0.5, 0.6) is 5.75 Å². The Morgan fingerprint density at radius 3 is 2.04 bits per heavy atom. The number of hydrogen-bond acceptors (Lipinski definition) is 7. The van der Waals surface area contributed by atoms with Gasteiger partial charge < -0.3 is 36.8 Å². The molecule has 3 atom stereocenters. The fourth-order valence-electron chi connectivity index (χ4n) is 2.24. The topological polar surface area (TPSA) is 199 Å². The van der Waals surface area contributed by atoms with E-state index in [-0.39, 0.29) is 18.6 Å². The number of aliphatic hydroxyl groups excluding tert-OH is 1. The molecular formula is C17H23N3O8. The Hall–Kier alpha value is -3.18. The molecule has 2 amide bonds. The summed E-state index contributed by atoms with van der Waals surface area (Å²) in [6.07, 6.45) is -0.851. The molecular weight excluding hydrogens is 374 g/mol. The number of carboxylic acid groups (broad SMARTS) is 2. The number of nitrogens with two attached hydrogens (primary N) is 1. The zero-order valence-corrected chi connectivity index (χ0v) is 14.9. The molecule has 8 N–H and O–H groups in total. The Morgan fingerprint density at radius 2 is 1.54 bits per heavy atom. The lowest BCUT2D eigenvalue weighted by Gasteiger charge is -2.22. The second kappa shape index (κ2) is 10.8. The Labute approximate surface area is 160 Å². The van der Waals surface area contributed by atoms with Crippen molar-refractivity contribution in [3.8, 4) is 5.75 Å². The zero-order chi connectivity index (χ0) is 21.3. The van der Waals surface area contributed by atoms with Crippen molar-refractivity contribution in [2.45, 2.75) is 37.4 Å². The van der Waals surface area contributed by atoms with E-state index in [0.717, 1.165) is 0 Å². The van der Waals surface area contributed by atoms with E-state index in [0.29, 0.717) is 5.56 Å². The maximum absolute atomic E-state index is 12.4. The van der Waals surface area contributed by atoms with Crippen LogP contribution in [-0.4, -0.2) is 68.9 Å². The normalized spacial score (nSPS) is 13.8. The standard InChI is InChI=1S/C17H23N3O8/c18-11(8-21)15(25)19-12(5-6-14(23)24)16(26)20-13(17(27)28)7-9-1-3-10(22)4-2-9/h1-4,11-13,21-22H,5-8,18H2,(H,19,25)(H,20,26)(H,23,24)(H,27,28)/t11-,12-,13-/m0/s1. The van der Waals surface area contributed by atoms with Gasteiger partial charge in [0.1, 0.15) is 23.9 Å². The molecule has 0 aliphatic carbocycles. The molecule has 0 saturated heterocycles. The van der Waals surface area contributed by atoms with Gasteiger partial charge in [-0.1, -0.05) is 12.1 Å². The van der Waals surface area contributed by atoms with E-state index < -0.39 is 54.9 Å². The molecule has 0 radical (unpaired) electrons. The third kappa shape index (κ3) is 7.60. The molecule has 0 aromatic heterocycles. The number of phenolic OH excluding ortho intramolecular Hbond substituents is 1. The molecule has 0 heterocycles. The fourth-order valence-corrected chi connectivity index (χ4v) is 2.24. The molecule has 0 fully saturated rings. The number of aromatic hydroxyl groups is 1. The van der Waals surface area contributed by atoms with Crippen molar-refractivity contribution in [3.05, 3.63) is 29.8 Å². The summed E-state index contributed by atoms with van der Waals surface area (Å²) in [7, 11) is 0. The number of carbonyl (C=O) groups is 4. The molecule has 1 aromatic carbocycles. The molecule has 0 unspecified atom stereocenters. The summed E-state index contributed by atoms with van der Waals surface area (Å²) in [6.45, 7) is -0.683. The van der Waals surface area contributed by atoms with Crippen LogP contribution in [0.25, 0.3) is 0 Å². The summed E-state index contributed by atoms with van der Waals surface area (Å²) in [5.41, 5.74) is 5.89. The lowest BCUT2D eigenvalue weighted by molar-refractivity contribution is -0.143. The molecule has 28 heavy (non-hydrogen) atoms. The van der Waals surface area contributed by atoms with Crippen LogP contribution in [0.4, 0.5) is 0 Å². The molecule has 0 aliphatic heterocycles. The van der Waals surface area contributed by atoms with Crippen LogP contribution in [0.1, 0.15) is 18.4 Å². The van der Waals surface area contributed by atoms with Crippen molar-refractivity contribution >= 4 is 23.8 Å². The van der Waals surface area contributed by atoms with Crippen LogP contribution < -0.4 is 16.4 Å². The predicted molar refractivity (Wildman–Crippen MR) is 95.2 cm³/mol. The molecule has 1 aromatic rings. The van der Waals surface area contributed by atoms with Gasteiger partial charge in [-0.3, -0.25) is 14.4 Å². The van der Waals surface area contributed by atoms with E-state index in [2.05, 4.69) is 10.6 Å². The highest BCUT2D eigenvalue weighted by Crippen LogP contribution is 2.12. The molecule has 0 bridgehead atoms. The number of carbonyl (C=O) groups excluding carboxylic acids is 2. The van der Waals surface area contributed by atoms with E-state index in [1.54, 1.807) is 0 Å². The van der Waals surface area contributed by atoms with E-state index in [1.807, 2.05) is 0 Å². The third-order valence-electron chi connectivity index (χ3n) is 3.80. The van der Waals surface area contributed by atoms with Gasteiger partial charge >= 0.3 is 11.9 Å². The molecule has 0 spiro atoms. The average molecular weight is 397 g/mol. The fraction of sp³-hybridized carbons (Fsp3) is 0.412. The Kier molecular flexibility index (Phi) is 8.85. The van der Waals surface area contributed by atoms with Crippen molar-refractivity contribution in [1.82, 2.24) is 10.6 Å². The van der Waals surface area contributed by atoms with Gasteiger partial charge in [0.25, 0.3) is 0 Å². The van der Waals surface area contributed by atoms with Crippen molar-refractivity contribution in [2.24, 2.45) is 5.73 Å². The van der Waals surface area contributed by atoms with E-state index in [4.69, 9.17) is 15.9 Å². The van der Waals surface area contributed by atoms with Gasteiger partial charge in [-0.25, -0.2) is 4.79 Å². The molecule has 11 heteroatoms. The number of carboxylic acids is 2. The zero-order valence-electron chi connectivity index (χ0n) is 14.9. The summed E-state index contributed by atoms with van der Waals surface area (Å²) < 4.78 is 0. The monoisotopic (exact) mass is 397 g/mol. The van der Waals surface area contributed by atoms with Gasteiger partial charge in [-0.2, -0.15) is 0 Å². The van der Waals surface area contributed by atoms with Gasteiger partial charge in [-0.05, 0) is 24.1 Å². The Balaban J connectivity index is 2.87. The van der Waals surface area contributed by atoms with Crippen molar-refractivity contribution < 1.29 is 39.6 Å². The minimum atomic E-state index is -1.35. The summed E-state index contributed by atoms with van der Waals surface area (Å²) in [4.78, 5) is 46.5. The number of aliphatic carboxylic acids is 2. The first kappa shape index (κ1) is 22.9. The van der Waals surface area contributed by atoms with Gasteiger partial charge in [0.15, 0.2) is 0 Å². The second-order valence-corrected chi connectivity index (χ2v) is 6.05. The van der Waals surface area contributed by atoms with E-state index >= 15 is 0 Å². The van der Waals surface area contributed by atoms with Crippen LogP contribution in [0.3, 0.4) is 0 Å². The number of rotatable bonds is 11. The van der Waals surface area contributed by atoms with Crippen molar-refractivity contribution in [2.75, 3.05) is 6.61 Å². The third-order valence-corrected chi connectivity index (χ3v) is 3.80. The van der Waals surface area contributed by atoms with E-state index in [1.165, 1.54) is 24.3 Å². The molecule has 0 aliphatic rings. The first-order chi connectivity index (χ1) is 13.1. The molecule has 1 rings (SSSR count). The lowest BCUT2D eigenvalue weighted by atomic mass is 10.0. The highest BCUT2D eigenvalue weighted by atomic mass is 16.4. The average Bonchev–Trinajstić information content (AvgIpc) is 2.64. The van der Waals surface area contributed by atoms with Gasteiger partial charge in [0.05, 0.1) is 6.61 Å². The van der Waals surface area contributed by atoms with Gasteiger partial charge in [-0.15, -0.1) is 0 Å². The quantitative estimate of drug-likeness (QED) is 0.224. The first-order valence-corrected chi connectivity index (χ1v) is 8.33. The number of amides is 2. The van der Waals surface area contributed by atoms with Crippen molar-refractivity contribution in [1.29, 1.82) is 0 Å². The Bertz CT molecular complexity index is 707. The number of benzene rings is 1. The summed E-state index contributed by atoms with van der Waals surface area (Å²) in [5.74, 6) is -4.32. The highest BCUT2D eigenvalue weighted by molar-refractivity contribution is 5.92. The maximum Gasteiger partial charge on any atom is 0.326 e. The SMILES string of the molecule is N[C@@H](CO)C(=O)N[C@@H](CCC(=O)O)C(=O)N[C@@H](Cc1ccc(O)cc1)C(=O)O. The lowest BCUT2D eigenvalue weighted by Crippen LogP contribution is -2.55. The largest absolute Gasteiger partial charge is 0.508 e. The summed E-state index contributed by atoms with van der Waals surface area (Å²) in [6, 6.07) is 1.69. The molecule has 154 valence electrons. The summed E-state index contributed by atoms with van der Waals surface area (Å²) in [5, 5.41) is 40.8. The number of hydrogen-bond donors (Lipinski definition) is 7. The van der Waals surface area contributed by atoms with Gasteiger partial charge in [0.2, 0.25) is 11.8 Å². The maximum atomic E-state index is 12.4. The predicted octanol–water partition coefficient (Wildman–Crippen LogP) is -1.83. The molecule has 11 nitrogen and oxygen atoms in total. The van der Waals surface area contributed by atoms with Gasteiger partial charge in [0, 0.05) is 12.8 Å². The van der Waals surface area contributed by atoms with Crippen LogP contribution in [0.2, 0.25) is 0 Å². The van der Waals surface area contributed by atoms with Crippen LogP contribution in [0.15, 0.2) is 24.3 Å². The van der Waals surface area contributed by atoms with Crippen molar-refractivity contribution in [3.63, 3.8) is 0 Å². The minimum absolute atomic E-state index is 0.00340. The molecule has 0 saturated carbocycles. The minimum Gasteiger partial charge on any atom is -0.508 e. The summed E-state index contributed by atoms with van der Waals surface area (Å²) >= 11 is 0. The number of phenols is 1. The Morgan fingerprint density at radius 1 is 0.964 bits per heavy atom. The number of nitrogens with one attached hydrogen (secondary N) is 2. The first-order valence-electron chi connectivity index (χ1n) is 8.33. The highest BCUT2D eigenvalue weighted by Gasteiger charge is 2.28. The smallest absolute Gasteiger partial charge is 0.326 e. The second-order valence-electron chi connectivity index (χ2n) is 6.05. The van der Waals surface area contributed by atoms with E-state index in [9.17, 15) is 29.4 Å². The van der Waals surface area contributed by atoms with Crippen LogP contribution in [-0.2, 0) is 25.6 Å². The van der Waals surface area contributed by atoms with Crippen LogP contribution >= 0.6 is 0 Å². The number of aliphatic hydroxyl groups is 1. The van der Waals surface area contributed by atoms with Crippen LogP contribution in [0, 0.1) is 0 Å².